The van der Waals surface area contributed by atoms with Gasteiger partial charge in [-0.3, -0.25) is 9.59 Å². The molecule has 2 aromatic heterocycles. The van der Waals surface area contributed by atoms with Crippen LogP contribution in [-0.2, 0) is 16.6 Å². The average Bonchev–Trinajstić information content (AvgIpc) is 3.36. The molecule has 0 bridgehead atoms. The zero-order chi connectivity index (χ0) is 22.6. The van der Waals surface area contributed by atoms with Crippen molar-refractivity contribution in [1.29, 1.82) is 0 Å². The van der Waals surface area contributed by atoms with Crippen LogP contribution in [0.3, 0.4) is 0 Å². The molecule has 168 valence electrons. The summed E-state index contributed by atoms with van der Waals surface area (Å²) in [5.41, 5.74) is 0.0515. The Bertz CT molecular complexity index is 1230. The fourth-order valence-electron chi connectivity index (χ4n) is 3.53. The Morgan fingerprint density at radius 1 is 1.03 bits per heavy atom. The third-order valence-corrected chi connectivity index (χ3v) is 7.18. The zero-order valence-corrected chi connectivity index (χ0v) is 18.2. The van der Waals surface area contributed by atoms with Crippen molar-refractivity contribution in [3.05, 3.63) is 70.8 Å². The Morgan fingerprint density at radius 2 is 1.78 bits per heavy atom. The highest BCUT2D eigenvalue weighted by atomic mass is 32.2. The number of aromatic nitrogens is 4. The lowest BCUT2D eigenvalue weighted by Gasteiger charge is -2.25. The molecule has 1 aliphatic heterocycles. The minimum atomic E-state index is -3.54. The van der Waals surface area contributed by atoms with Gasteiger partial charge in [-0.05, 0) is 49.2 Å². The van der Waals surface area contributed by atoms with Crippen LogP contribution >= 0.6 is 0 Å². The summed E-state index contributed by atoms with van der Waals surface area (Å²) in [5.74, 6) is 0.134. The molecule has 4 rings (SSSR count). The van der Waals surface area contributed by atoms with Crippen molar-refractivity contribution in [3.8, 4) is 5.82 Å². The van der Waals surface area contributed by atoms with Crippen LogP contribution in [0.1, 0.15) is 29.6 Å². The van der Waals surface area contributed by atoms with E-state index in [4.69, 9.17) is 0 Å². The molecule has 32 heavy (non-hydrogen) atoms. The summed E-state index contributed by atoms with van der Waals surface area (Å²) in [5, 5.41) is 11.1. The highest BCUT2D eigenvalue weighted by Gasteiger charge is 2.25. The molecule has 3 aromatic rings. The van der Waals surface area contributed by atoms with Gasteiger partial charge in [0, 0.05) is 43.7 Å². The number of carbonyl (C=O) groups excluding carboxylic acids is 1. The number of sulfonamides is 1. The van der Waals surface area contributed by atoms with Crippen LogP contribution in [0.4, 0.5) is 0 Å². The van der Waals surface area contributed by atoms with Gasteiger partial charge in [0.15, 0.2) is 5.82 Å². The van der Waals surface area contributed by atoms with Crippen molar-refractivity contribution in [2.75, 3.05) is 19.6 Å². The number of nitrogens with one attached hydrogen (secondary N) is 1. The van der Waals surface area contributed by atoms with Gasteiger partial charge >= 0.3 is 0 Å². The number of carbonyl (C=O) groups is 1. The van der Waals surface area contributed by atoms with Gasteiger partial charge in [0.25, 0.3) is 11.5 Å². The Morgan fingerprint density at radius 3 is 2.47 bits per heavy atom. The van der Waals surface area contributed by atoms with Crippen molar-refractivity contribution in [2.24, 2.45) is 0 Å². The minimum Gasteiger partial charge on any atom is -0.350 e. The Labute approximate surface area is 185 Å². The largest absolute Gasteiger partial charge is 0.350 e. The first-order valence-electron chi connectivity index (χ1n) is 10.4. The van der Waals surface area contributed by atoms with Crippen LogP contribution in [0.25, 0.3) is 5.82 Å². The molecule has 1 fully saturated rings. The number of nitrogens with zero attached hydrogens (tertiary/aromatic N) is 5. The van der Waals surface area contributed by atoms with E-state index < -0.39 is 10.0 Å². The average molecular weight is 457 g/mol. The van der Waals surface area contributed by atoms with E-state index in [1.165, 1.54) is 44.0 Å². The number of piperidine rings is 1. The Kier molecular flexibility index (Phi) is 6.47. The van der Waals surface area contributed by atoms with Crippen LogP contribution in [0.5, 0.6) is 0 Å². The second kappa shape index (κ2) is 9.45. The summed E-state index contributed by atoms with van der Waals surface area (Å²) in [6.45, 7) is 1.42. The van der Waals surface area contributed by atoms with Crippen LogP contribution in [0, 0.1) is 0 Å². The van der Waals surface area contributed by atoms with E-state index in [0.717, 1.165) is 19.3 Å². The number of benzene rings is 1. The van der Waals surface area contributed by atoms with E-state index >= 15 is 0 Å². The first-order chi connectivity index (χ1) is 15.4. The number of hydrogen-bond acceptors (Lipinski definition) is 6. The molecule has 0 spiro atoms. The highest BCUT2D eigenvalue weighted by Crippen LogP contribution is 2.20. The summed E-state index contributed by atoms with van der Waals surface area (Å²) in [4.78, 5) is 24.7. The van der Waals surface area contributed by atoms with E-state index in [-0.39, 0.29) is 29.5 Å². The first kappa shape index (κ1) is 21.9. The highest BCUT2D eigenvalue weighted by molar-refractivity contribution is 7.89. The number of rotatable bonds is 7. The van der Waals surface area contributed by atoms with Crippen molar-refractivity contribution >= 4 is 15.9 Å². The molecule has 0 unspecified atom stereocenters. The van der Waals surface area contributed by atoms with E-state index in [1.807, 2.05) is 0 Å². The van der Waals surface area contributed by atoms with Gasteiger partial charge in [0.2, 0.25) is 10.0 Å². The maximum atomic E-state index is 12.7. The molecule has 0 radical (unpaired) electrons. The van der Waals surface area contributed by atoms with Crippen LogP contribution in [-0.4, -0.2) is 57.8 Å². The predicted molar refractivity (Wildman–Crippen MR) is 117 cm³/mol. The van der Waals surface area contributed by atoms with E-state index in [0.29, 0.717) is 24.5 Å². The number of hydrogen-bond donors (Lipinski definition) is 1. The molecule has 11 heteroatoms. The molecular weight excluding hydrogens is 432 g/mol. The van der Waals surface area contributed by atoms with E-state index in [1.54, 1.807) is 24.5 Å². The summed E-state index contributed by atoms with van der Waals surface area (Å²) < 4.78 is 29.7. The lowest BCUT2D eigenvalue weighted by atomic mass is 10.2. The van der Waals surface area contributed by atoms with Gasteiger partial charge in [0.05, 0.1) is 11.4 Å². The third-order valence-electron chi connectivity index (χ3n) is 5.27. The molecule has 1 saturated heterocycles. The molecule has 1 aliphatic rings. The lowest BCUT2D eigenvalue weighted by Crippen LogP contribution is -2.35. The normalized spacial score (nSPS) is 14.9. The minimum absolute atomic E-state index is 0.182. The standard InChI is InChI=1S/C21H24N6O4S/c28-20-10-9-19(26-15-4-11-23-26)24-27(20)16-12-22-21(29)17-5-7-18(8-6-17)32(30,31)25-13-2-1-3-14-25/h4-11,15H,1-3,12-14,16H2,(H,22,29). The zero-order valence-electron chi connectivity index (χ0n) is 17.4. The van der Waals surface area contributed by atoms with Crippen LogP contribution in [0.2, 0.25) is 0 Å². The van der Waals surface area contributed by atoms with Crippen LogP contribution in [0.15, 0.2) is 64.5 Å². The van der Waals surface area contributed by atoms with E-state index in [9.17, 15) is 18.0 Å². The third kappa shape index (κ3) is 4.78. The molecule has 0 aliphatic carbocycles. The van der Waals surface area contributed by atoms with Gasteiger partial charge in [-0.15, -0.1) is 5.10 Å². The SMILES string of the molecule is O=C(NCCn1nc(-n2cccn2)ccc1=O)c1ccc(S(=O)(=O)N2CCCCC2)cc1. The van der Waals surface area contributed by atoms with Crippen molar-refractivity contribution in [1.82, 2.24) is 29.2 Å². The van der Waals surface area contributed by atoms with Crippen molar-refractivity contribution < 1.29 is 13.2 Å². The maximum absolute atomic E-state index is 12.7. The fraction of sp³-hybridized carbons (Fsp3) is 0.333. The summed E-state index contributed by atoms with van der Waals surface area (Å²) >= 11 is 0. The molecule has 0 atom stereocenters. The van der Waals surface area contributed by atoms with Crippen molar-refractivity contribution in [2.45, 2.75) is 30.7 Å². The molecule has 10 nitrogen and oxygen atoms in total. The smallest absolute Gasteiger partial charge is 0.266 e. The van der Waals surface area contributed by atoms with Crippen molar-refractivity contribution in [3.63, 3.8) is 0 Å². The Hall–Kier alpha value is -3.31. The number of amides is 1. The first-order valence-corrected chi connectivity index (χ1v) is 11.9. The van der Waals surface area contributed by atoms with Gasteiger partial charge in [-0.2, -0.15) is 9.40 Å². The molecule has 1 aromatic carbocycles. The lowest BCUT2D eigenvalue weighted by molar-refractivity contribution is 0.0951. The molecule has 3 heterocycles. The van der Waals surface area contributed by atoms with Crippen LogP contribution < -0.4 is 10.9 Å². The second-order valence-electron chi connectivity index (χ2n) is 7.45. The van der Waals surface area contributed by atoms with Gasteiger partial charge in [0.1, 0.15) is 0 Å². The second-order valence-corrected chi connectivity index (χ2v) is 9.39. The molecule has 1 N–H and O–H groups in total. The Balaban J connectivity index is 1.37. The quantitative estimate of drug-likeness (QED) is 0.567. The fourth-order valence-corrected chi connectivity index (χ4v) is 5.05. The van der Waals surface area contributed by atoms with Gasteiger partial charge in [-0.1, -0.05) is 6.42 Å². The molecule has 1 amide bonds. The molecular formula is C21H24N6O4S. The topological polar surface area (TPSA) is 119 Å². The summed E-state index contributed by atoms with van der Waals surface area (Å²) in [6.07, 6.45) is 6.10. The predicted octanol–water partition coefficient (Wildman–Crippen LogP) is 1.03. The maximum Gasteiger partial charge on any atom is 0.266 e. The van der Waals surface area contributed by atoms with E-state index in [2.05, 4.69) is 15.5 Å². The molecule has 0 saturated carbocycles. The monoisotopic (exact) mass is 456 g/mol. The van der Waals surface area contributed by atoms with Gasteiger partial charge in [-0.25, -0.2) is 17.8 Å². The summed E-state index contributed by atoms with van der Waals surface area (Å²) in [7, 11) is -3.54. The van der Waals surface area contributed by atoms with Gasteiger partial charge < -0.3 is 5.32 Å². The summed E-state index contributed by atoms with van der Waals surface area (Å²) in [6, 6.07) is 10.6.